The van der Waals surface area contributed by atoms with E-state index in [9.17, 15) is 13.2 Å². The van der Waals surface area contributed by atoms with Crippen molar-refractivity contribution in [3.05, 3.63) is 51.7 Å². The van der Waals surface area contributed by atoms with E-state index >= 15 is 0 Å². The number of carbonyl (C=O) groups is 1. The Morgan fingerprint density at radius 3 is 2.85 bits per heavy atom. The van der Waals surface area contributed by atoms with Gasteiger partial charge in [-0.3, -0.25) is 4.79 Å². The SMILES string of the molecule is Cl.NCCCCNC(=O)c1cccc(S(=O)(=O)N2CCc3sccc3C2)c1. The number of amides is 1. The fourth-order valence-corrected chi connectivity index (χ4v) is 5.30. The molecule has 1 aromatic heterocycles. The number of nitrogens with one attached hydrogen (secondary N) is 1. The first-order chi connectivity index (χ1) is 12.5. The van der Waals surface area contributed by atoms with E-state index in [1.807, 2.05) is 11.4 Å². The topological polar surface area (TPSA) is 92.5 Å². The standard InChI is InChI=1S/C18H23N3O3S2.ClH/c19-8-1-2-9-20-18(22)14-4-3-5-16(12-14)26(23,24)21-10-6-17-15(13-21)7-11-25-17;/h3-5,7,11-12H,1-2,6,8-10,13,19H2,(H,20,22);1H. The number of halogens is 1. The van der Waals surface area contributed by atoms with Crippen LogP contribution in [0.1, 0.15) is 33.6 Å². The van der Waals surface area contributed by atoms with Crippen LogP contribution in [-0.4, -0.2) is 38.3 Å². The van der Waals surface area contributed by atoms with Gasteiger partial charge in [0.1, 0.15) is 0 Å². The molecule has 2 heterocycles. The molecule has 1 aliphatic heterocycles. The van der Waals surface area contributed by atoms with Gasteiger partial charge in [-0.25, -0.2) is 8.42 Å². The van der Waals surface area contributed by atoms with Gasteiger partial charge in [0.2, 0.25) is 10.0 Å². The molecule has 0 unspecified atom stereocenters. The molecule has 0 atom stereocenters. The second-order valence-electron chi connectivity index (χ2n) is 6.24. The van der Waals surface area contributed by atoms with Gasteiger partial charge in [-0.15, -0.1) is 23.7 Å². The number of fused-ring (bicyclic) bond motifs is 1. The van der Waals surface area contributed by atoms with Gasteiger partial charge in [-0.05, 0) is 61.0 Å². The molecule has 1 aromatic carbocycles. The first kappa shape index (κ1) is 21.8. The molecule has 3 N–H and O–H groups in total. The number of benzene rings is 1. The van der Waals surface area contributed by atoms with Crippen LogP contribution >= 0.6 is 23.7 Å². The highest BCUT2D eigenvalue weighted by atomic mass is 35.5. The average Bonchev–Trinajstić information content (AvgIpc) is 3.13. The number of thiophene rings is 1. The fraction of sp³-hybridized carbons (Fsp3) is 0.389. The highest BCUT2D eigenvalue weighted by molar-refractivity contribution is 7.89. The second-order valence-corrected chi connectivity index (χ2v) is 9.18. The van der Waals surface area contributed by atoms with E-state index in [1.165, 1.54) is 15.2 Å². The summed E-state index contributed by atoms with van der Waals surface area (Å²) in [6.45, 7) is 1.97. The zero-order valence-corrected chi connectivity index (χ0v) is 17.3. The highest BCUT2D eigenvalue weighted by Gasteiger charge is 2.29. The van der Waals surface area contributed by atoms with Crippen molar-refractivity contribution >= 4 is 39.7 Å². The summed E-state index contributed by atoms with van der Waals surface area (Å²) in [6, 6.07) is 8.22. The van der Waals surface area contributed by atoms with E-state index < -0.39 is 10.0 Å². The van der Waals surface area contributed by atoms with E-state index in [2.05, 4.69) is 5.32 Å². The average molecular weight is 430 g/mol. The summed E-state index contributed by atoms with van der Waals surface area (Å²) in [4.78, 5) is 13.7. The molecule has 0 saturated heterocycles. The van der Waals surface area contributed by atoms with Crippen LogP contribution in [0.2, 0.25) is 0 Å². The zero-order chi connectivity index (χ0) is 18.6. The molecule has 0 spiro atoms. The van der Waals surface area contributed by atoms with Crippen LogP contribution in [0.15, 0.2) is 40.6 Å². The third kappa shape index (κ3) is 5.08. The maximum absolute atomic E-state index is 13.0. The predicted octanol–water partition coefficient (Wildman–Crippen LogP) is 2.39. The predicted molar refractivity (Wildman–Crippen MR) is 110 cm³/mol. The third-order valence-corrected chi connectivity index (χ3v) is 7.29. The van der Waals surface area contributed by atoms with Gasteiger partial charge in [-0.1, -0.05) is 6.07 Å². The van der Waals surface area contributed by atoms with Crippen LogP contribution in [0, 0.1) is 0 Å². The van der Waals surface area contributed by atoms with E-state index in [-0.39, 0.29) is 23.2 Å². The number of sulfonamides is 1. The van der Waals surface area contributed by atoms with Crippen LogP contribution in [0.25, 0.3) is 0 Å². The maximum atomic E-state index is 13.0. The molecule has 2 aromatic rings. The molecule has 6 nitrogen and oxygen atoms in total. The number of hydrogen-bond acceptors (Lipinski definition) is 5. The highest BCUT2D eigenvalue weighted by Crippen LogP contribution is 2.28. The maximum Gasteiger partial charge on any atom is 0.251 e. The normalized spacial score (nSPS) is 14.3. The quantitative estimate of drug-likeness (QED) is 0.661. The van der Waals surface area contributed by atoms with Crippen molar-refractivity contribution < 1.29 is 13.2 Å². The lowest BCUT2D eigenvalue weighted by atomic mass is 10.1. The van der Waals surface area contributed by atoms with Crippen LogP contribution in [0.4, 0.5) is 0 Å². The van der Waals surface area contributed by atoms with Gasteiger partial charge in [0.25, 0.3) is 5.91 Å². The Bertz CT molecular complexity index is 883. The molecule has 0 aliphatic carbocycles. The largest absolute Gasteiger partial charge is 0.352 e. The Morgan fingerprint density at radius 1 is 1.26 bits per heavy atom. The van der Waals surface area contributed by atoms with Crippen LogP contribution in [-0.2, 0) is 23.0 Å². The zero-order valence-electron chi connectivity index (χ0n) is 14.9. The van der Waals surface area contributed by atoms with Gasteiger partial charge in [0.05, 0.1) is 4.90 Å². The lowest BCUT2D eigenvalue weighted by molar-refractivity contribution is 0.0953. The summed E-state index contributed by atoms with van der Waals surface area (Å²) in [7, 11) is -3.63. The van der Waals surface area contributed by atoms with Crippen molar-refractivity contribution in [3.8, 4) is 0 Å². The van der Waals surface area contributed by atoms with Gasteiger partial charge >= 0.3 is 0 Å². The second kappa shape index (κ2) is 9.66. The van der Waals surface area contributed by atoms with Gasteiger partial charge in [0.15, 0.2) is 0 Å². The summed E-state index contributed by atoms with van der Waals surface area (Å²) in [6.07, 6.45) is 2.37. The van der Waals surface area contributed by atoms with E-state index in [1.54, 1.807) is 29.5 Å². The first-order valence-corrected chi connectivity index (χ1v) is 11.0. The minimum atomic E-state index is -3.63. The number of hydrogen-bond donors (Lipinski definition) is 2. The van der Waals surface area contributed by atoms with E-state index in [4.69, 9.17) is 5.73 Å². The van der Waals surface area contributed by atoms with Crippen molar-refractivity contribution in [1.29, 1.82) is 0 Å². The molecule has 0 fully saturated rings. The Hall–Kier alpha value is -1.45. The monoisotopic (exact) mass is 429 g/mol. The molecule has 1 aliphatic rings. The molecule has 0 radical (unpaired) electrons. The Morgan fingerprint density at radius 2 is 2.07 bits per heavy atom. The van der Waals surface area contributed by atoms with Crippen LogP contribution < -0.4 is 11.1 Å². The number of nitrogens with zero attached hydrogens (tertiary/aromatic N) is 1. The fourth-order valence-electron chi connectivity index (χ4n) is 2.95. The molecule has 27 heavy (non-hydrogen) atoms. The number of unbranched alkanes of at least 4 members (excludes halogenated alkanes) is 1. The van der Waals surface area contributed by atoms with Gasteiger partial charge in [-0.2, -0.15) is 4.31 Å². The van der Waals surface area contributed by atoms with Crippen molar-refractivity contribution in [1.82, 2.24) is 9.62 Å². The Balaban J connectivity index is 0.00000261. The Kier molecular flexibility index (Phi) is 7.81. The van der Waals surface area contributed by atoms with Gasteiger partial charge in [0, 0.05) is 30.1 Å². The van der Waals surface area contributed by atoms with Crippen molar-refractivity contribution in [2.24, 2.45) is 5.73 Å². The van der Waals surface area contributed by atoms with Crippen molar-refractivity contribution in [2.45, 2.75) is 30.7 Å². The molecule has 148 valence electrons. The lowest BCUT2D eigenvalue weighted by Gasteiger charge is -2.26. The van der Waals surface area contributed by atoms with Crippen molar-refractivity contribution in [3.63, 3.8) is 0 Å². The van der Waals surface area contributed by atoms with E-state index in [0.717, 1.165) is 24.8 Å². The molecule has 0 saturated carbocycles. The molecule has 1 amide bonds. The summed E-state index contributed by atoms with van der Waals surface area (Å²) in [5.74, 6) is -0.266. The lowest BCUT2D eigenvalue weighted by Crippen LogP contribution is -2.35. The molecule has 9 heteroatoms. The molecular weight excluding hydrogens is 406 g/mol. The molecule has 0 bridgehead atoms. The van der Waals surface area contributed by atoms with Gasteiger partial charge < -0.3 is 11.1 Å². The first-order valence-electron chi connectivity index (χ1n) is 8.66. The third-order valence-electron chi connectivity index (χ3n) is 4.42. The summed E-state index contributed by atoms with van der Waals surface area (Å²) in [5.41, 5.74) is 6.86. The smallest absolute Gasteiger partial charge is 0.251 e. The molecule has 3 rings (SSSR count). The summed E-state index contributed by atoms with van der Waals surface area (Å²) >= 11 is 1.67. The van der Waals surface area contributed by atoms with Crippen molar-refractivity contribution in [2.75, 3.05) is 19.6 Å². The van der Waals surface area contributed by atoms with E-state index in [0.29, 0.717) is 31.7 Å². The molecular formula is C18H24ClN3O3S2. The number of rotatable bonds is 7. The van der Waals surface area contributed by atoms with Crippen LogP contribution in [0.5, 0.6) is 0 Å². The summed E-state index contributed by atoms with van der Waals surface area (Å²) < 4.78 is 27.4. The van der Waals surface area contributed by atoms with Crippen LogP contribution in [0.3, 0.4) is 0 Å². The summed E-state index contributed by atoms with van der Waals surface area (Å²) in [5, 5.41) is 4.80. The number of nitrogens with two attached hydrogens (primary N) is 1. The Labute approximate surface area is 170 Å². The number of carbonyl (C=O) groups excluding carboxylic acids is 1. The minimum absolute atomic E-state index is 0. The minimum Gasteiger partial charge on any atom is -0.352 e.